The van der Waals surface area contributed by atoms with E-state index in [-0.39, 0.29) is 23.8 Å². The molecule has 0 aliphatic rings. The third kappa shape index (κ3) is 5.71. The molecule has 3 aromatic carbocycles. The van der Waals surface area contributed by atoms with Crippen LogP contribution in [0.25, 0.3) is 0 Å². The van der Waals surface area contributed by atoms with Crippen LogP contribution in [0.1, 0.15) is 23.7 Å². The van der Waals surface area contributed by atoms with Crippen LogP contribution in [0.15, 0.2) is 89.8 Å². The molecule has 3 rings (SSSR count). The Hall–Kier alpha value is -3.16. The minimum absolute atomic E-state index is 0.0382. The van der Waals surface area contributed by atoms with E-state index in [2.05, 4.69) is 0 Å². The monoisotopic (exact) mass is 439 g/mol. The highest BCUT2D eigenvalue weighted by Gasteiger charge is 2.27. The summed E-state index contributed by atoms with van der Waals surface area (Å²) in [6.45, 7) is 1.52. The van der Waals surface area contributed by atoms with Crippen molar-refractivity contribution in [3.63, 3.8) is 0 Å². The first-order chi connectivity index (χ1) is 14.9. The number of sulfonamides is 1. The van der Waals surface area contributed by atoms with E-state index in [9.17, 15) is 18.3 Å². The first-order valence-electron chi connectivity index (χ1n) is 9.98. The largest absolute Gasteiger partial charge is 0.491 e. The Labute approximate surface area is 182 Å². The molecule has 7 heteroatoms. The van der Waals surface area contributed by atoms with Crippen molar-refractivity contribution in [2.75, 3.05) is 17.5 Å². The number of Topliss-reactive ketones (excluding diaryl/α,β-unsaturated/α-hetero) is 1. The van der Waals surface area contributed by atoms with Gasteiger partial charge in [-0.15, -0.1) is 0 Å². The highest BCUT2D eigenvalue weighted by molar-refractivity contribution is 7.92. The Kier molecular flexibility index (Phi) is 7.44. The van der Waals surface area contributed by atoms with Gasteiger partial charge in [-0.25, -0.2) is 8.42 Å². The van der Waals surface area contributed by atoms with E-state index < -0.39 is 16.1 Å². The van der Waals surface area contributed by atoms with Gasteiger partial charge in [0.25, 0.3) is 10.0 Å². The van der Waals surface area contributed by atoms with E-state index in [1.165, 1.54) is 16.4 Å². The third-order valence-corrected chi connectivity index (χ3v) is 6.50. The zero-order chi connectivity index (χ0) is 22.3. The molecule has 0 saturated heterocycles. The summed E-state index contributed by atoms with van der Waals surface area (Å²) in [7, 11) is -3.87. The standard InChI is InChI=1S/C24H25NO5S/c1-2-24(27)19-13-15-22(16-14-19)30-18-21(26)17-25(20-9-5-3-6-10-20)31(28,29)23-11-7-4-8-12-23/h3-16,21,26H,2,17-18H2,1H3/t21-/m1/s1. The minimum Gasteiger partial charge on any atom is -0.491 e. The van der Waals surface area contributed by atoms with Gasteiger partial charge in [0.1, 0.15) is 18.5 Å². The number of anilines is 1. The van der Waals surface area contributed by atoms with Crippen molar-refractivity contribution in [3.8, 4) is 5.75 Å². The van der Waals surface area contributed by atoms with Gasteiger partial charge in [0, 0.05) is 12.0 Å². The highest BCUT2D eigenvalue weighted by Crippen LogP contribution is 2.24. The van der Waals surface area contributed by atoms with Crippen molar-refractivity contribution in [1.29, 1.82) is 0 Å². The minimum atomic E-state index is -3.87. The lowest BCUT2D eigenvalue weighted by Crippen LogP contribution is -2.39. The number of aliphatic hydroxyl groups is 1. The zero-order valence-corrected chi connectivity index (χ0v) is 18.0. The van der Waals surface area contributed by atoms with E-state index in [0.29, 0.717) is 23.4 Å². The van der Waals surface area contributed by atoms with Crippen molar-refractivity contribution < 1.29 is 23.1 Å². The van der Waals surface area contributed by atoms with Gasteiger partial charge in [-0.2, -0.15) is 0 Å². The smallest absolute Gasteiger partial charge is 0.264 e. The van der Waals surface area contributed by atoms with E-state index >= 15 is 0 Å². The number of ether oxygens (including phenoxy) is 1. The summed E-state index contributed by atoms with van der Waals surface area (Å²) in [6.07, 6.45) is -0.653. The molecule has 31 heavy (non-hydrogen) atoms. The van der Waals surface area contributed by atoms with Crippen molar-refractivity contribution in [2.45, 2.75) is 24.3 Å². The molecule has 6 nitrogen and oxygen atoms in total. The molecule has 0 aliphatic carbocycles. The summed E-state index contributed by atoms with van der Waals surface area (Å²) in [4.78, 5) is 11.9. The molecule has 162 valence electrons. The Morgan fingerprint density at radius 3 is 2.10 bits per heavy atom. The Bertz CT molecular complexity index is 1080. The second kappa shape index (κ2) is 10.2. The van der Waals surface area contributed by atoms with Gasteiger partial charge >= 0.3 is 0 Å². The Balaban J connectivity index is 1.73. The molecule has 0 aliphatic heterocycles. The number of aliphatic hydroxyl groups excluding tert-OH is 1. The fourth-order valence-electron chi connectivity index (χ4n) is 3.03. The first kappa shape index (κ1) is 22.5. The van der Waals surface area contributed by atoms with Crippen LogP contribution >= 0.6 is 0 Å². The molecular weight excluding hydrogens is 414 g/mol. The van der Waals surface area contributed by atoms with E-state index in [1.54, 1.807) is 79.7 Å². The van der Waals surface area contributed by atoms with Crippen LogP contribution in [0.3, 0.4) is 0 Å². The van der Waals surface area contributed by atoms with Crippen LogP contribution < -0.4 is 9.04 Å². The van der Waals surface area contributed by atoms with Gasteiger partial charge in [0.2, 0.25) is 0 Å². The lowest BCUT2D eigenvalue weighted by atomic mass is 10.1. The maximum atomic E-state index is 13.2. The molecular formula is C24H25NO5S. The summed E-state index contributed by atoms with van der Waals surface area (Å²) in [5, 5.41) is 10.5. The number of nitrogens with zero attached hydrogens (tertiary/aromatic N) is 1. The van der Waals surface area contributed by atoms with Crippen LogP contribution in [0.2, 0.25) is 0 Å². The molecule has 3 aromatic rings. The maximum absolute atomic E-state index is 13.2. The molecule has 0 spiro atoms. The summed E-state index contributed by atoms with van der Waals surface area (Å²) in [5.41, 5.74) is 1.05. The first-order valence-corrected chi connectivity index (χ1v) is 11.4. The van der Waals surface area contributed by atoms with E-state index in [0.717, 1.165) is 0 Å². The lowest BCUT2D eigenvalue weighted by Gasteiger charge is -2.27. The number of rotatable bonds is 10. The fraction of sp³-hybridized carbons (Fsp3) is 0.208. The quantitative estimate of drug-likeness (QED) is 0.484. The lowest BCUT2D eigenvalue weighted by molar-refractivity contribution is 0.0987. The third-order valence-electron chi connectivity index (χ3n) is 4.69. The summed E-state index contributed by atoms with van der Waals surface area (Å²) in [5.74, 6) is 0.528. The van der Waals surface area contributed by atoms with Crippen LogP contribution in [0, 0.1) is 0 Å². The summed E-state index contributed by atoms with van der Waals surface area (Å²) >= 11 is 0. The molecule has 0 amide bonds. The molecule has 0 unspecified atom stereocenters. The second-order valence-corrected chi connectivity index (χ2v) is 8.81. The van der Waals surface area contributed by atoms with E-state index in [4.69, 9.17) is 4.74 Å². The number of carbonyl (C=O) groups excluding carboxylic acids is 1. The Morgan fingerprint density at radius 2 is 1.52 bits per heavy atom. The van der Waals surface area contributed by atoms with Gasteiger partial charge in [0.15, 0.2) is 5.78 Å². The SMILES string of the molecule is CCC(=O)c1ccc(OC[C@H](O)CN(c2ccccc2)S(=O)(=O)c2ccccc2)cc1. The van der Waals surface area contributed by atoms with Gasteiger partial charge in [-0.3, -0.25) is 9.10 Å². The molecule has 0 saturated carbocycles. The van der Waals surface area contributed by atoms with E-state index in [1.807, 2.05) is 0 Å². The van der Waals surface area contributed by atoms with Gasteiger partial charge < -0.3 is 9.84 Å². The molecule has 0 bridgehead atoms. The van der Waals surface area contributed by atoms with Crippen LogP contribution in [-0.4, -0.2) is 38.6 Å². The summed E-state index contributed by atoms with van der Waals surface area (Å²) < 4.78 is 33.2. The number of para-hydroxylation sites is 1. The van der Waals surface area contributed by atoms with Crippen molar-refractivity contribution in [3.05, 3.63) is 90.5 Å². The average molecular weight is 440 g/mol. The predicted molar refractivity (Wildman–Crippen MR) is 120 cm³/mol. The van der Waals surface area contributed by atoms with Crippen LogP contribution in [0.5, 0.6) is 5.75 Å². The van der Waals surface area contributed by atoms with Gasteiger partial charge in [-0.05, 0) is 48.5 Å². The number of carbonyl (C=O) groups is 1. The van der Waals surface area contributed by atoms with Crippen LogP contribution in [-0.2, 0) is 10.0 Å². The van der Waals surface area contributed by atoms with Crippen molar-refractivity contribution >= 4 is 21.5 Å². The molecule has 1 atom stereocenters. The molecule has 0 fully saturated rings. The normalized spacial score (nSPS) is 12.2. The topological polar surface area (TPSA) is 83.9 Å². The number of hydrogen-bond donors (Lipinski definition) is 1. The average Bonchev–Trinajstić information content (AvgIpc) is 2.82. The maximum Gasteiger partial charge on any atom is 0.264 e. The highest BCUT2D eigenvalue weighted by atomic mass is 32.2. The van der Waals surface area contributed by atoms with Crippen molar-refractivity contribution in [1.82, 2.24) is 0 Å². The predicted octanol–water partition coefficient (Wildman–Crippen LogP) is 3.91. The van der Waals surface area contributed by atoms with Gasteiger partial charge in [-0.1, -0.05) is 43.3 Å². The van der Waals surface area contributed by atoms with Crippen LogP contribution in [0.4, 0.5) is 5.69 Å². The number of ketones is 1. The number of hydrogen-bond acceptors (Lipinski definition) is 5. The molecule has 1 N–H and O–H groups in total. The number of benzene rings is 3. The van der Waals surface area contributed by atoms with Crippen molar-refractivity contribution in [2.24, 2.45) is 0 Å². The van der Waals surface area contributed by atoms with Gasteiger partial charge in [0.05, 0.1) is 17.1 Å². The second-order valence-electron chi connectivity index (χ2n) is 6.95. The molecule has 0 aromatic heterocycles. The molecule has 0 heterocycles. The Morgan fingerprint density at radius 1 is 0.935 bits per heavy atom. The fourth-order valence-corrected chi connectivity index (χ4v) is 4.56. The zero-order valence-electron chi connectivity index (χ0n) is 17.2. The summed E-state index contributed by atoms with van der Waals surface area (Å²) in [6, 6.07) is 23.4. The molecule has 0 radical (unpaired) electrons.